The van der Waals surface area contributed by atoms with Crippen LogP contribution in [0.4, 0.5) is 13.2 Å². The summed E-state index contributed by atoms with van der Waals surface area (Å²) in [6.07, 6.45) is -0.290. The Kier molecular flexibility index (Phi) is 6.86. The molecule has 1 heterocycles. The van der Waals surface area contributed by atoms with E-state index in [1.165, 1.54) is 41.2 Å². The molecular weight excluding hydrogens is 459 g/mol. The highest BCUT2D eigenvalue weighted by Gasteiger charge is 2.30. The summed E-state index contributed by atoms with van der Waals surface area (Å²) in [5.74, 6) is -1.05. The number of esters is 1. The quantitative estimate of drug-likeness (QED) is 0.203. The number of hydrogen-bond donors (Lipinski definition) is 0. The van der Waals surface area contributed by atoms with E-state index in [1.807, 2.05) is 30.3 Å². The number of Topliss-reactive ketones (excluding diaryl/α,β-unsaturated/α-hetero) is 1. The fourth-order valence-corrected chi connectivity index (χ4v) is 3.26. The van der Waals surface area contributed by atoms with Crippen LogP contribution in [-0.4, -0.2) is 33.4 Å². The summed E-state index contributed by atoms with van der Waals surface area (Å²) in [6, 6.07) is 20.2. The first-order valence-corrected chi connectivity index (χ1v) is 10.4. The molecule has 4 aromatic rings. The van der Waals surface area contributed by atoms with Crippen molar-refractivity contribution in [3.8, 4) is 16.9 Å². The maximum absolute atomic E-state index is 13.1. The van der Waals surface area contributed by atoms with Crippen molar-refractivity contribution in [2.45, 2.75) is 6.18 Å². The average Bonchev–Trinajstić information content (AvgIpc) is 3.36. The number of nitrogens with zero attached hydrogens (tertiary/aromatic N) is 3. The first-order valence-electron chi connectivity index (χ1n) is 10.4. The summed E-state index contributed by atoms with van der Waals surface area (Å²) >= 11 is 0. The average molecular weight is 477 g/mol. The van der Waals surface area contributed by atoms with E-state index in [-0.39, 0.29) is 0 Å². The van der Waals surface area contributed by atoms with E-state index in [0.29, 0.717) is 22.5 Å². The Balaban J connectivity index is 1.43. The lowest BCUT2D eigenvalue weighted by Gasteiger charge is -2.10. The molecule has 4 rings (SSSR count). The Morgan fingerprint density at radius 2 is 1.69 bits per heavy atom. The van der Waals surface area contributed by atoms with Crippen LogP contribution in [0.25, 0.3) is 23.0 Å². The monoisotopic (exact) mass is 477 g/mol. The number of ketones is 1. The molecule has 0 spiro atoms. The molecule has 0 bridgehead atoms. The highest BCUT2D eigenvalue weighted by Crippen LogP contribution is 2.32. The Hall–Kier alpha value is -4.53. The highest BCUT2D eigenvalue weighted by molar-refractivity contribution is 5.99. The molecule has 35 heavy (non-hydrogen) atoms. The van der Waals surface area contributed by atoms with Gasteiger partial charge in [-0.15, -0.1) is 5.10 Å². The van der Waals surface area contributed by atoms with Crippen LogP contribution in [0.1, 0.15) is 21.5 Å². The number of alkyl halides is 3. The van der Waals surface area contributed by atoms with E-state index in [0.717, 1.165) is 17.7 Å². The zero-order chi connectivity index (χ0) is 24.8. The number of hydrogen-bond acceptors (Lipinski definition) is 5. The molecule has 0 N–H and O–H groups in total. The minimum atomic E-state index is -4.48. The van der Waals surface area contributed by atoms with E-state index < -0.39 is 30.1 Å². The van der Waals surface area contributed by atoms with Crippen molar-refractivity contribution in [3.63, 3.8) is 0 Å². The van der Waals surface area contributed by atoms with Crippen molar-refractivity contribution in [1.82, 2.24) is 15.0 Å². The molecule has 0 fully saturated rings. The van der Waals surface area contributed by atoms with Crippen LogP contribution < -0.4 is 0 Å². The first-order chi connectivity index (χ1) is 16.8. The first kappa shape index (κ1) is 23.6. The van der Waals surface area contributed by atoms with Gasteiger partial charge in [0.05, 0.1) is 23.1 Å². The zero-order valence-corrected chi connectivity index (χ0v) is 18.1. The van der Waals surface area contributed by atoms with Crippen molar-refractivity contribution in [1.29, 1.82) is 0 Å². The SMILES string of the molecule is O=C(/C=C/c1ccccc1)OCC(=O)c1ccc(-n2nncc2-c2cccc(C(F)(F)F)c2)cc1. The van der Waals surface area contributed by atoms with Crippen molar-refractivity contribution >= 4 is 17.8 Å². The van der Waals surface area contributed by atoms with Gasteiger partial charge in [0.1, 0.15) is 0 Å². The largest absolute Gasteiger partial charge is 0.454 e. The lowest BCUT2D eigenvalue weighted by Crippen LogP contribution is -2.12. The Morgan fingerprint density at radius 1 is 0.943 bits per heavy atom. The Labute approximate surface area is 198 Å². The van der Waals surface area contributed by atoms with Gasteiger partial charge in [-0.25, -0.2) is 9.48 Å². The third-order valence-electron chi connectivity index (χ3n) is 5.03. The Morgan fingerprint density at radius 3 is 2.40 bits per heavy atom. The van der Waals surface area contributed by atoms with Crippen molar-refractivity contribution < 1.29 is 27.5 Å². The molecule has 9 heteroatoms. The summed E-state index contributed by atoms with van der Waals surface area (Å²) in [5, 5.41) is 7.77. The van der Waals surface area contributed by atoms with Gasteiger partial charge in [0.2, 0.25) is 0 Å². The van der Waals surface area contributed by atoms with Crippen LogP contribution in [0.15, 0.2) is 91.1 Å². The zero-order valence-electron chi connectivity index (χ0n) is 18.1. The third kappa shape index (κ3) is 5.89. The van der Waals surface area contributed by atoms with Gasteiger partial charge in [-0.05, 0) is 48.0 Å². The number of halogens is 3. The number of carbonyl (C=O) groups excluding carboxylic acids is 2. The minimum absolute atomic E-state index is 0.292. The summed E-state index contributed by atoms with van der Waals surface area (Å²) in [6.45, 7) is -0.434. The molecule has 0 aliphatic heterocycles. The number of aromatic nitrogens is 3. The summed E-state index contributed by atoms with van der Waals surface area (Å²) in [5.41, 5.74) is 1.49. The van der Waals surface area contributed by atoms with Gasteiger partial charge in [-0.2, -0.15) is 13.2 Å². The molecule has 0 aliphatic rings. The lowest BCUT2D eigenvalue weighted by molar-refractivity contribution is -0.138. The second kappa shape index (κ2) is 10.2. The van der Waals surface area contributed by atoms with E-state index >= 15 is 0 Å². The highest BCUT2D eigenvalue weighted by atomic mass is 19.4. The van der Waals surface area contributed by atoms with Gasteiger partial charge in [0.15, 0.2) is 12.4 Å². The molecule has 0 unspecified atom stereocenters. The molecule has 176 valence electrons. The number of ether oxygens (including phenoxy) is 1. The molecule has 0 amide bonds. The molecule has 6 nitrogen and oxygen atoms in total. The lowest BCUT2D eigenvalue weighted by atomic mass is 10.1. The fraction of sp³-hybridized carbons (Fsp3) is 0.0769. The Bertz CT molecular complexity index is 1360. The van der Waals surface area contributed by atoms with Crippen molar-refractivity contribution in [3.05, 3.63) is 108 Å². The van der Waals surface area contributed by atoms with Crippen LogP contribution in [-0.2, 0) is 15.7 Å². The van der Waals surface area contributed by atoms with Gasteiger partial charge >= 0.3 is 12.1 Å². The standard InChI is InChI=1S/C26H18F3N3O3/c27-26(28,29)21-8-4-7-20(15-21)23-16-30-31-32(23)22-12-10-19(11-13-22)24(33)17-35-25(34)14-9-18-5-2-1-3-6-18/h1-16H,17H2/b14-9+. The van der Waals surface area contributed by atoms with Gasteiger partial charge in [-0.1, -0.05) is 47.7 Å². The summed E-state index contributed by atoms with van der Waals surface area (Å²) < 4.78 is 45.6. The van der Waals surface area contributed by atoms with Crippen molar-refractivity contribution in [2.24, 2.45) is 0 Å². The normalized spacial score (nSPS) is 11.5. The molecule has 0 aliphatic carbocycles. The molecular formula is C26H18F3N3O3. The fourth-order valence-electron chi connectivity index (χ4n) is 3.26. The van der Waals surface area contributed by atoms with Crippen LogP contribution in [0.2, 0.25) is 0 Å². The second-order valence-electron chi connectivity index (χ2n) is 7.43. The predicted molar refractivity (Wildman–Crippen MR) is 123 cm³/mol. The van der Waals surface area contributed by atoms with E-state index in [2.05, 4.69) is 10.3 Å². The van der Waals surface area contributed by atoms with E-state index in [4.69, 9.17) is 4.74 Å². The summed E-state index contributed by atoms with van der Waals surface area (Å²) in [7, 11) is 0. The van der Waals surface area contributed by atoms with Crippen LogP contribution in [0.3, 0.4) is 0 Å². The molecule has 0 saturated heterocycles. The van der Waals surface area contributed by atoms with Gasteiger partial charge in [0, 0.05) is 17.2 Å². The van der Waals surface area contributed by atoms with Crippen molar-refractivity contribution in [2.75, 3.05) is 6.61 Å². The molecule has 3 aromatic carbocycles. The van der Waals surface area contributed by atoms with Crippen LogP contribution >= 0.6 is 0 Å². The number of carbonyl (C=O) groups is 2. The van der Waals surface area contributed by atoms with Crippen LogP contribution in [0, 0.1) is 0 Å². The smallest absolute Gasteiger partial charge is 0.416 e. The molecule has 0 radical (unpaired) electrons. The van der Waals surface area contributed by atoms with Gasteiger partial charge < -0.3 is 4.74 Å². The van der Waals surface area contributed by atoms with Gasteiger partial charge in [-0.3, -0.25) is 4.79 Å². The minimum Gasteiger partial charge on any atom is -0.454 e. The molecule has 0 atom stereocenters. The maximum Gasteiger partial charge on any atom is 0.416 e. The third-order valence-corrected chi connectivity index (χ3v) is 5.03. The number of benzene rings is 3. The van der Waals surface area contributed by atoms with E-state index in [9.17, 15) is 22.8 Å². The van der Waals surface area contributed by atoms with Gasteiger partial charge in [0.25, 0.3) is 0 Å². The maximum atomic E-state index is 13.1. The molecule has 0 saturated carbocycles. The summed E-state index contributed by atoms with van der Waals surface area (Å²) in [4.78, 5) is 24.3. The van der Waals surface area contributed by atoms with E-state index in [1.54, 1.807) is 18.2 Å². The van der Waals surface area contributed by atoms with Crippen LogP contribution in [0.5, 0.6) is 0 Å². The second-order valence-corrected chi connectivity index (χ2v) is 7.43. The molecule has 1 aromatic heterocycles. The topological polar surface area (TPSA) is 74.1 Å². The predicted octanol–water partition coefficient (Wildman–Crippen LogP) is 5.39. The number of rotatable bonds is 7.